The van der Waals surface area contributed by atoms with E-state index in [4.69, 9.17) is 0 Å². The molecule has 1 aliphatic rings. The SMILES string of the molecule is CC(C)n1cncc1CNC1CCCCCC1O. The van der Waals surface area contributed by atoms with Gasteiger partial charge in [-0.25, -0.2) is 4.98 Å². The van der Waals surface area contributed by atoms with Crippen LogP contribution in [0.1, 0.15) is 57.7 Å². The van der Waals surface area contributed by atoms with E-state index in [0.717, 1.165) is 25.8 Å². The molecule has 0 saturated heterocycles. The van der Waals surface area contributed by atoms with Crippen molar-refractivity contribution in [1.29, 1.82) is 0 Å². The molecule has 1 fully saturated rings. The van der Waals surface area contributed by atoms with E-state index in [0.29, 0.717) is 6.04 Å². The van der Waals surface area contributed by atoms with Crippen molar-refractivity contribution in [1.82, 2.24) is 14.9 Å². The van der Waals surface area contributed by atoms with Gasteiger partial charge in [-0.2, -0.15) is 0 Å². The Morgan fingerprint density at radius 1 is 1.39 bits per heavy atom. The summed E-state index contributed by atoms with van der Waals surface area (Å²) in [4.78, 5) is 4.21. The number of nitrogens with zero attached hydrogens (tertiary/aromatic N) is 2. The van der Waals surface area contributed by atoms with E-state index < -0.39 is 0 Å². The van der Waals surface area contributed by atoms with Gasteiger partial charge in [0.1, 0.15) is 0 Å². The number of imidazole rings is 1. The minimum Gasteiger partial charge on any atom is -0.392 e. The number of aromatic nitrogens is 2. The van der Waals surface area contributed by atoms with E-state index in [9.17, 15) is 5.11 Å². The fourth-order valence-electron chi connectivity index (χ4n) is 2.70. The van der Waals surface area contributed by atoms with E-state index >= 15 is 0 Å². The molecular weight excluding hydrogens is 226 g/mol. The van der Waals surface area contributed by atoms with Gasteiger partial charge in [0, 0.05) is 24.8 Å². The van der Waals surface area contributed by atoms with Crippen LogP contribution in [0.25, 0.3) is 0 Å². The normalized spacial score (nSPS) is 25.3. The van der Waals surface area contributed by atoms with Crippen LogP contribution in [0.2, 0.25) is 0 Å². The lowest BCUT2D eigenvalue weighted by atomic mass is 10.1. The molecule has 2 unspecified atom stereocenters. The molecule has 0 aromatic carbocycles. The number of aliphatic hydroxyl groups excluding tert-OH is 1. The van der Waals surface area contributed by atoms with Gasteiger partial charge in [-0.05, 0) is 26.7 Å². The summed E-state index contributed by atoms with van der Waals surface area (Å²) in [7, 11) is 0. The fraction of sp³-hybridized carbons (Fsp3) is 0.786. The largest absolute Gasteiger partial charge is 0.392 e. The lowest BCUT2D eigenvalue weighted by molar-refractivity contribution is 0.119. The summed E-state index contributed by atoms with van der Waals surface area (Å²) in [5.74, 6) is 0. The fourth-order valence-corrected chi connectivity index (χ4v) is 2.70. The maximum atomic E-state index is 10.1. The highest BCUT2D eigenvalue weighted by Gasteiger charge is 2.21. The van der Waals surface area contributed by atoms with Crippen molar-refractivity contribution in [2.45, 2.75) is 70.7 Å². The molecular formula is C14H25N3O. The number of aliphatic hydroxyl groups is 1. The first-order valence-corrected chi connectivity index (χ1v) is 7.10. The summed E-state index contributed by atoms with van der Waals surface area (Å²) in [6, 6.07) is 0.673. The van der Waals surface area contributed by atoms with E-state index in [2.05, 4.69) is 28.7 Å². The van der Waals surface area contributed by atoms with Crippen LogP contribution < -0.4 is 5.32 Å². The van der Waals surface area contributed by atoms with Gasteiger partial charge in [0.15, 0.2) is 0 Å². The van der Waals surface area contributed by atoms with Gasteiger partial charge in [0.25, 0.3) is 0 Å². The molecule has 4 heteroatoms. The first-order chi connectivity index (χ1) is 8.68. The van der Waals surface area contributed by atoms with Crippen molar-refractivity contribution in [3.63, 3.8) is 0 Å². The third-order valence-electron chi connectivity index (χ3n) is 3.83. The average Bonchev–Trinajstić information content (AvgIpc) is 2.71. The predicted octanol–water partition coefficient (Wildman–Crippen LogP) is 2.25. The smallest absolute Gasteiger partial charge is 0.0951 e. The minimum atomic E-state index is -0.192. The average molecular weight is 251 g/mol. The first kappa shape index (κ1) is 13.6. The van der Waals surface area contributed by atoms with Crippen molar-refractivity contribution < 1.29 is 5.11 Å². The molecule has 2 atom stereocenters. The van der Waals surface area contributed by atoms with E-state index in [1.165, 1.54) is 18.5 Å². The topological polar surface area (TPSA) is 50.1 Å². The lowest BCUT2D eigenvalue weighted by Gasteiger charge is -2.22. The molecule has 0 aliphatic heterocycles. The Hall–Kier alpha value is -0.870. The van der Waals surface area contributed by atoms with Crippen LogP contribution in [0.5, 0.6) is 0 Å². The molecule has 1 aromatic rings. The van der Waals surface area contributed by atoms with E-state index in [1.807, 2.05) is 12.5 Å². The van der Waals surface area contributed by atoms with Crippen molar-refractivity contribution in [3.8, 4) is 0 Å². The molecule has 0 bridgehead atoms. The molecule has 1 aliphatic carbocycles. The third-order valence-corrected chi connectivity index (χ3v) is 3.83. The van der Waals surface area contributed by atoms with Crippen molar-refractivity contribution in [3.05, 3.63) is 18.2 Å². The number of hydrogen-bond acceptors (Lipinski definition) is 3. The molecule has 4 nitrogen and oxygen atoms in total. The van der Waals surface area contributed by atoms with E-state index in [1.54, 1.807) is 0 Å². The first-order valence-electron chi connectivity index (χ1n) is 7.10. The quantitative estimate of drug-likeness (QED) is 0.807. The molecule has 0 radical (unpaired) electrons. The number of rotatable bonds is 4. The van der Waals surface area contributed by atoms with E-state index in [-0.39, 0.29) is 12.1 Å². The van der Waals surface area contributed by atoms with Crippen LogP contribution in [0.15, 0.2) is 12.5 Å². The summed E-state index contributed by atoms with van der Waals surface area (Å²) in [5, 5.41) is 13.6. The van der Waals surface area contributed by atoms with Crippen LogP contribution >= 0.6 is 0 Å². The molecule has 2 N–H and O–H groups in total. The van der Waals surface area contributed by atoms with Gasteiger partial charge in [-0.3, -0.25) is 0 Å². The molecule has 2 rings (SSSR count). The third kappa shape index (κ3) is 3.33. The molecule has 102 valence electrons. The summed E-state index contributed by atoms with van der Waals surface area (Å²) in [6.45, 7) is 5.11. The number of nitrogens with one attached hydrogen (secondary N) is 1. The zero-order valence-electron chi connectivity index (χ0n) is 11.5. The Balaban J connectivity index is 1.91. The Kier molecular flexibility index (Phi) is 4.78. The van der Waals surface area contributed by atoms with Crippen LogP contribution in [-0.4, -0.2) is 26.8 Å². The second-order valence-electron chi connectivity index (χ2n) is 5.58. The second-order valence-corrected chi connectivity index (χ2v) is 5.58. The summed E-state index contributed by atoms with van der Waals surface area (Å²) < 4.78 is 2.18. The Bertz CT molecular complexity index is 362. The summed E-state index contributed by atoms with van der Waals surface area (Å²) in [5.41, 5.74) is 1.20. The predicted molar refractivity (Wildman–Crippen MR) is 72.3 cm³/mol. The Morgan fingerprint density at radius 2 is 2.17 bits per heavy atom. The zero-order chi connectivity index (χ0) is 13.0. The highest BCUT2D eigenvalue weighted by atomic mass is 16.3. The zero-order valence-corrected chi connectivity index (χ0v) is 11.5. The van der Waals surface area contributed by atoms with Gasteiger partial charge < -0.3 is 15.0 Å². The molecule has 1 heterocycles. The highest BCUT2D eigenvalue weighted by Crippen LogP contribution is 2.18. The second kappa shape index (κ2) is 6.34. The van der Waals surface area contributed by atoms with Crippen LogP contribution in [0.4, 0.5) is 0 Å². The van der Waals surface area contributed by atoms with Crippen LogP contribution in [-0.2, 0) is 6.54 Å². The lowest BCUT2D eigenvalue weighted by Crippen LogP contribution is -2.39. The minimum absolute atomic E-state index is 0.192. The summed E-state index contributed by atoms with van der Waals surface area (Å²) in [6.07, 6.45) is 9.24. The standard InChI is InChI=1S/C14H25N3O/c1-11(2)17-10-15-8-12(17)9-16-13-6-4-3-5-7-14(13)18/h8,10-11,13-14,16,18H,3-7,9H2,1-2H3. The Labute approximate surface area is 109 Å². The molecule has 18 heavy (non-hydrogen) atoms. The van der Waals surface area contributed by atoms with Crippen molar-refractivity contribution in [2.75, 3.05) is 0 Å². The Morgan fingerprint density at radius 3 is 2.94 bits per heavy atom. The molecule has 0 amide bonds. The van der Waals surface area contributed by atoms with Gasteiger partial charge in [-0.1, -0.05) is 19.3 Å². The van der Waals surface area contributed by atoms with Gasteiger partial charge >= 0.3 is 0 Å². The van der Waals surface area contributed by atoms with Crippen LogP contribution in [0.3, 0.4) is 0 Å². The highest BCUT2D eigenvalue weighted by molar-refractivity contribution is 5.00. The maximum Gasteiger partial charge on any atom is 0.0951 e. The molecule has 1 aromatic heterocycles. The van der Waals surface area contributed by atoms with Gasteiger partial charge in [0.2, 0.25) is 0 Å². The molecule has 0 spiro atoms. The van der Waals surface area contributed by atoms with Crippen LogP contribution in [0, 0.1) is 0 Å². The van der Waals surface area contributed by atoms with Crippen molar-refractivity contribution >= 4 is 0 Å². The maximum absolute atomic E-state index is 10.1. The monoisotopic (exact) mass is 251 g/mol. The molecule has 1 saturated carbocycles. The van der Waals surface area contributed by atoms with Crippen molar-refractivity contribution in [2.24, 2.45) is 0 Å². The van der Waals surface area contributed by atoms with Gasteiger partial charge in [-0.15, -0.1) is 0 Å². The van der Waals surface area contributed by atoms with Gasteiger partial charge in [0.05, 0.1) is 18.1 Å². The summed E-state index contributed by atoms with van der Waals surface area (Å²) >= 11 is 0. The number of hydrogen-bond donors (Lipinski definition) is 2.